The van der Waals surface area contributed by atoms with Crippen molar-refractivity contribution >= 4 is 73.8 Å². The molecule has 1 aliphatic rings. The third kappa shape index (κ3) is 5.32. The number of nitrogens with one attached hydrogen (secondary N) is 2. The summed E-state index contributed by atoms with van der Waals surface area (Å²) < 4.78 is 0. The summed E-state index contributed by atoms with van der Waals surface area (Å²) in [5, 5.41) is 15.7. The highest BCUT2D eigenvalue weighted by Crippen LogP contribution is 2.30. The summed E-state index contributed by atoms with van der Waals surface area (Å²) >= 11 is 2.39. The van der Waals surface area contributed by atoms with Crippen LogP contribution < -0.4 is 10.6 Å². The molecule has 2 aromatic heterocycles. The molecule has 11 heteroatoms. The van der Waals surface area contributed by atoms with Crippen molar-refractivity contribution in [2.75, 3.05) is 5.32 Å². The number of anilines is 1. The van der Waals surface area contributed by atoms with Crippen LogP contribution in [0.4, 0.5) is 10.8 Å². The first-order valence-corrected chi connectivity index (χ1v) is 10.7. The Morgan fingerprint density at radius 2 is 2.10 bits per heavy atom. The Morgan fingerprint density at radius 1 is 1.23 bits per heavy atom. The molecule has 2 amide bonds. The first-order chi connectivity index (χ1) is 15.0. The number of aromatic nitrogens is 2. The highest BCUT2D eigenvalue weighted by atomic mass is 32.2. The average Bonchev–Trinajstić information content (AvgIpc) is 3.32. The van der Waals surface area contributed by atoms with Crippen molar-refractivity contribution < 1.29 is 19.5 Å². The molecule has 1 fully saturated rings. The lowest BCUT2D eigenvalue weighted by Crippen LogP contribution is -2.19. The molecule has 0 spiro atoms. The Bertz CT molecular complexity index is 1250. The van der Waals surface area contributed by atoms with E-state index in [1.54, 1.807) is 12.3 Å². The third-order valence-corrected chi connectivity index (χ3v) is 5.85. The molecule has 3 aromatic rings. The summed E-state index contributed by atoms with van der Waals surface area (Å²) in [5.41, 5.74) is 1.57. The number of carbonyl (C=O) groups excluding carboxylic acids is 2. The fourth-order valence-corrected chi connectivity index (χ4v) is 4.36. The molecule has 1 saturated heterocycles. The van der Waals surface area contributed by atoms with E-state index in [2.05, 4.69) is 25.6 Å². The molecular weight excluding hydrogens is 438 g/mol. The summed E-state index contributed by atoms with van der Waals surface area (Å²) in [6.07, 6.45) is 4.54. The molecule has 0 unspecified atom stereocenters. The number of hydrogen-bond donors (Lipinski definition) is 3. The van der Waals surface area contributed by atoms with E-state index in [9.17, 15) is 14.4 Å². The van der Waals surface area contributed by atoms with Gasteiger partial charge >= 0.3 is 5.97 Å². The third-order valence-electron chi connectivity index (χ3n) is 4.08. The minimum atomic E-state index is -1.04. The standard InChI is InChI=1S/C20H15N5O4S2/c26-16(5-6-17(27)28)24-19-22-10-13(30-19)9-15-18(29)25-20(31-15)23-12-3-4-14-11(8-12)2-1-7-21-14/h1-4,7-10H,5-6H2,(H,27,28)(H,22,24,26)(H,23,25,29)/b15-9-. The summed E-state index contributed by atoms with van der Waals surface area (Å²) in [5.74, 6) is -1.74. The number of aliphatic imine (C=N–C) groups is 1. The lowest BCUT2D eigenvalue weighted by Gasteiger charge is -1.99. The van der Waals surface area contributed by atoms with E-state index < -0.39 is 11.9 Å². The number of rotatable bonds is 6. The Morgan fingerprint density at radius 3 is 2.94 bits per heavy atom. The van der Waals surface area contributed by atoms with Crippen molar-refractivity contribution in [1.29, 1.82) is 0 Å². The molecule has 4 rings (SSSR count). The smallest absolute Gasteiger partial charge is 0.303 e. The molecule has 0 atom stereocenters. The number of carboxylic acid groups (broad SMARTS) is 1. The van der Waals surface area contributed by atoms with E-state index in [0.29, 0.717) is 25.8 Å². The van der Waals surface area contributed by atoms with Gasteiger partial charge in [0.15, 0.2) is 10.3 Å². The lowest BCUT2D eigenvalue weighted by atomic mass is 10.2. The number of thioether (sulfide) groups is 1. The van der Waals surface area contributed by atoms with Crippen LogP contribution in [0.5, 0.6) is 0 Å². The van der Waals surface area contributed by atoms with Crippen LogP contribution in [0.1, 0.15) is 17.7 Å². The normalized spacial score (nSPS) is 16.1. The highest BCUT2D eigenvalue weighted by molar-refractivity contribution is 8.18. The molecule has 0 radical (unpaired) electrons. The first-order valence-electron chi connectivity index (χ1n) is 9.08. The fraction of sp³-hybridized carbons (Fsp3) is 0.100. The molecule has 1 aromatic carbocycles. The van der Waals surface area contributed by atoms with Crippen LogP contribution in [-0.4, -0.2) is 38.0 Å². The van der Waals surface area contributed by atoms with Crippen molar-refractivity contribution in [2.45, 2.75) is 12.8 Å². The van der Waals surface area contributed by atoms with E-state index in [4.69, 9.17) is 5.11 Å². The molecule has 31 heavy (non-hydrogen) atoms. The number of amidine groups is 1. The van der Waals surface area contributed by atoms with Gasteiger partial charge in [-0.3, -0.25) is 19.4 Å². The summed E-state index contributed by atoms with van der Waals surface area (Å²) in [6, 6.07) is 9.39. The molecule has 9 nitrogen and oxygen atoms in total. The maximum atomic E-state index is 12.3. The number of benzene rings is 1. The number of amides is 2. The first kappa shape index (κ1) is 20.7. The van der Waals surface area contributed by atoms with Crippen LogP contribution in [0.3, 0.4) is 0 Å². The van der Waals surface area contributed by atoms with Crippen molar-refractivity contribution in [2.24, 2.45) is 4.99 Å². The number of fused-ring (bicyclic) bond motifs is 1. The van der Waals surface area contributed by atoms with Gasteiger partial charge in [0.2, 0.25) is 5.91 Å². The Labute approximate surface area is 184 Å². The molecule has 0 aliphatic carbocycles. The van der Waals surface area contributed by atoms with Crippen molar-refractivity contribution in [1.82, 2.24) is 15.3 Å². The molecule has 3 heterocycles. The second-order valence-electron chi connectivity index (χ2n) is 6.37. The van der Waals surface area contributed by atoms with Crippen LogP contribution in [0, 0.1) is 0 Å². The zero-order valence-corrected chi connectivity index (χ0v) is 17.5. The van der Waals surface area contributed by atoms with E-state index in [1.807, 2.05) is 30.3 Å². The Hall–Kier alpha value is -3.57. The fourth-order valence-electron chi connectivity index (χ4n) is 2.67. The van der Waals surface area contributed by atoms with Gasteiger partial charge in [-0.15, -0.1) is 0 Å². The maximum absolute atomic E-state index is 12.3. The van der Waals surface area contributed by atoms with Gasteiger partial charge in [0.25, 0.3) is 5.91 Å². The second-order valence-corrected chi connectivity index (χ2v) is 8.46. The number of thiazole rings is 1. The average molecular weight is 454 g/mol. The number of aliphatic carboxylic acids is 1. The zero-order chi connectivity index (χ0) is 21.8. The number of nitrogens with zero attached hydrogens (tertiary/aromatic N) is 3. The summed E-state index contributed by atoms with van der Waals surface area (Å²) in [4.78, 5) is 48.5. The maximum Gasteiger partial charge on any atom is 0.303 e. The number of carbonyl (C=O) groups is 3. The van der Waals surface area contributed by atoms with Crippen LogP contribution in [-0.2, 0) is 14.4 Å². The van der Waals surface area contributed by atoms with Crippen molar-refractivity contribution in [3.05, 3.63) is 52.5 Å². The molecule has 156 valence electrons. The van der Waals surface area contributed by atoms with Crippen molar-refractivity contribution in [3.63, 3.8) is 0 Å². The van der Waals surface area contributed by atoms with Gasteiger partial charge in [0.05, 0.1) is 27.4 Å². The zero-order valence-electron chi connectivity index (χ0n) is 15.9. The van der Waals surface area contributed by atoms with Crippen LogP contribution in [0.15, 0.2) is 52.6 Å². The largest absolute Gasteiger partial charge is 0.481 e. The summed E-state index contributed by atoms with van der Waals surface area (Å²) in [7, 11) is 0. The van der Waals surface area contributed by atoms with Gasteiger partial charge in [0, 0.05) is 24.2 Å². The second kappa shape index (κ2) is 9.06. The predicted molar refractivity (Wildman–Crippen MR) is 120 cm³/mol. The number of carboxylic acids is 1. The van der Waals surface area contributed by atoms with Crippen LogP contribution in [0.2, 0.25) is 0 Å². The number of pyridine rings is 1. The molecule has 0 saturated carbocycles. The monoisotopic (exact) mass is 453 g/mol. The lowest BCUT2D eigenvalue weighted by molar-refractivity contribution is -0.138. The molecule has 1 aliphatic heterocycles. The number of hydrogen-bond acceptors (Lipinski definition) is 8. The van der Waals surface area contributed by atoms with Crippen LogP contribution in [0.25, 0.3) is 17.0 Å². The van der Waals surface area contributed by atoms with Crippen molar-refractivity contribution in [3.8, 4) is 0 Å². The van der Waals surface area contributed by atoms with Gasteiger partial charge in [-0.05, 0) is 42.1 Å². The Balaban J connectivity index is 1.44. The predicted octanol–water partition coefficient (Wildman–Crippen LogP) is 3.39. The van der Waals surface area contributed by atoms with Gasteiger partial charge in [-0.1, -0.05) is 17.4 Å². The van der Waals surface area contributed by atoms with E-state index in [1.165, 1.54) is 29.3 Å². The SMILES string of the molecule is O=C(O)CCC(=O)Nc1ncc(/C=C2\SC(=Nc3ccc4ncccc4c3)NC2=O)s1. The summed E-state index contributed by atoms with van der Waals surface area (Å²) in [6.45, 7) is 0. The highest BCUT2D eigenvalue weighted by Gasteiger charge is 2.24. The van der Waals surface area contributed by atoms with Gasteiger partial charge in [-0.2, -0.15) is 0 Å². The minimum Gasteiger partial charge on any atom is -0.481 e. The van der Waals surface area contributed by atoms with E-state index in [-0.39, 0.29) is 18.7 Å². The quantitative estimate of drug-likeness (QED) is 0.487. The van der Waals surface area contributed by atoms with Gasteiger partial charge in [0.1, 0.15) is 0 Å². The van der Waals surface area contributed by atoms with Gasteiger partial charge < -0.3 is 15.7 Å². The van der Waals surface area contributed by atoms with E-state index in [0.717, 1.165) is 10.9 Å². The molecule has 3 N–H and O–H groups in total. The topological polar surface area (TPSA) is 134 Å². The van der Waals surface area contributed by atoms with E-state index >= 15 is 0 Å². The molecular formula is C20H15N5O4S2. The van der Waals surface area contributed by atoms with Crippen LogP contribution >= 0.6 is 23.1 Å². The van der Waals surface area contributed by atoms with Gasteiger partial charge in [-0.25, -0.2) is 9.98 Å². The minimum absolute atomic E-state index is 0.131. The molecule has 0 bridgehead atoms. The Kier molecular flexibility index (Phi) is 6.05.